The minimum absolute atomic E-state index is 0.0347. The van der Waals surface area contributed by atoms with Crippen molar-refractivity contribution in [2.75, 3.05) is 0 Å². The third-order valence-electron chi connectivity index (χ3n) is 1.99. The SMILES string of the molecule is CCCC[C@H](C)OC(=O)c1ccco1. The molecule has 0 fully saturated rings. The molecule has 14 heavy (non-hydrogen) atoms. The minimum Gasteiger partial charge on any atom is -0.457 e. The Balaban J connectivity index is 2.34. The Kier molecular flexibility index (Phi) is 4.23. The molecule has 0 aromatic carbocycles. The molecule has 0 N–H and O–H groups in total. The van der Waals surface area contributed by atoms with Gasteiger partial charge in [-0.3, -0.25) is 0 Å². The van der Waals surface area contributed by atoms with E-state index < -0.39 is 0 Å². The van der Waals surface area contributed by atoms with Gasteiger partial charge in [-0.25, -0.2) is 4.79 Å². The Labute approximate surface area is 84.1 Å². The van der Waals surface area contributed by atoms with Crippen molar-refractivity contribution >= 4 is 5.97 Å². The molecule has 1 rings (SSSR count). The second kappa shape index (κ2) is 5.47. The van der Waals surface area contributed by atoms with E-state index in [9.17, 15) is 4.79 Å². The van der Waals surface area contributed by atoms with Crippen molar-refractivity contribution in [1.29, 1.82) is 0 Å². The predicted octanol–water partition coefficient (Wildman–Crippen LogP) is 3.02. The monoisotopic (exact) mass is 196 g/mol. The van der Waals surface area contributed by atoms with E-state index in [2.05, 4.69) is 6.92 Å². The maximum atomic E-state index is 11.4. The average Bonchev–Trinajstić information content (AvgIpc) is 2.67. The van der Waals surface area contributed by atoms with E-state index in [0.29, 0.717) is 0 Å². The second-order valence-corrected chi connectivity index (χ2v) is 3.34. The van der Waals surface area contributed by atoms with Crippen LogP contribution >= 0.6 is 0 Å². The van der Waals surface area contributed by atoms with E-state index in [1.807, 2.05) is 6.92 Å². The maximum absolute atomic E-state index is 11.4. The fourth-order valence-corrected chi connectivity index (χ4v) is 1.19. The van der Waals surface area contributed by atoms with Gasteiger partial charge < -0.3 is 9.15 Å². The first-order valence-electron chi connectivity index (χ1n) is 4.98. The van der Waals surface area contributed by atoms with Crippen molar-refractivity contribution in [3.63, 3.8) is 0 Å². The Morgan fingerprint density at radius 1 is 1.64 bits per heavy atom. The van der Waals surface area contributed by atoms with Gasteiger partial charge in [0.25, 0.3) is 0 Å². The van der Waals surface area contributed by atoms with Gasteiger partial charge in [-0.15, -0.1) is 0 Å². The smallest absolute Gasteiger partial charge is 0.374 e. The van der Waals surface area contributed by atoms with Crippen LogP contribution in [0.2, 0.25) is 0 Å². The number of hydrogen-bond acceptors (Lipinski definition) is 3. The van der Waals surface area contributed by atoms with Crippen LogP contribution in [0.4, 0.5) is 0 Å². The third kappa shape index (κ3) is 3.24. The highest BCUT2D eigenvalue weighted by Gasteiger charge is 2.13. The second-order valence-electron chi connectivity index (χ2n) is 3.34. The van der Waals surface area contributed by atoms with Crippen LogP contribution in [0.25, 0.3) is 0 Å². The molecule has 1 heterocycles. The molecule has 0 radical (unpaired) electrons. The quantitative estimate of drug-likeness (QED) is 0.679. The summed E-state index contributed by atoms with van der Waals surface area (Å²) in [7, 11) is 0. The molecule has 0 amide bonds. The van der Waals surface area contributed by atoms with Gasteiger partial charge in [0.15, 0.2) is 0 Å². The molecular formula is C11H16O3. The van der Waals surface area contributed by atoms with Gasteiger partial charge in [0, 0.05) is 0 Å². The first-order valence-corrected chi connectivity index (χ1v) is 4.98. The number of esters is 1. The summed E-state index contributed by atoms with van der Waals surface area (Å²) in [6, 6.07) is 3.28. The molecule has 3 nitrogen and oxygen atoms in total. The van der Waals surface area contributed by atoms with Crippen LogP contribution in [0.1, 0.15) is 43.7 Å². The van der Waals surface area contributed by atoms with Crippen molar-refractivity contribution in [2.24, 2.45) is 0 Å². The van der Waals surface area contributed by atoms with Crippen LogP contribution in [0.3, 0.4) is 0 Å². The molecule has 0 bridgehead atoms. The van der Waals surface area contributed by atoms with Gasteiger partial charge in [0.05, 0.1) is 12.4 Å². The van der Waals surface area contributed by atoms with Crippen LogP contribution < -0.4 is 0 Å². The van der Waals surface area contributed by atoms with Crippen molar-refractivity contribution in [3.8, 4) is 0 Å². The van der Waals surface area contributed by atoms with Crippen molar-refractivity contribution in [2.45, 2.75) is 39.2 Å². The molecule has 1 aromatic heterocycles. The Hall–Kier alpha value is -1.25. The molecule has 0 aliphatic rings. The third-order valence-corrected chi connectivity index (χ3v) is 1.99. The average molecular weight is 196 g/mol. The highest BCUT2D eigenvalue weighted by Crippen LogP contribution is 2.08. The topological polar surface area (TPSA) is 39.4 Å². The van der Waals surface area contributed by atoms with E-state index in [0.717, 1.165) is 19.3 Å². The van der Waals surface area contributed by atoms with Crippen LogP contribution in [-0.2, 0) is 4.74 Å². The molecule has 0 unspecified atom stereocenters. The van der Waals surface area contributed by atoms with E-state index in [4.69, 9.17) is 9.15 Å². The number of carbonyl (C=O) groups excluding carboxylic acids is 1. The van der Waals surface area contributed by atoms with E-state index in [-0.39, 0.29) is 17.8 Å². The van der Waals surface area contributed by atoms with Gasteiger partial charge >= 0.3 is 5.97 Å². The molecule has 1 atom stereocenters. The number of unbranched alkanes of at least 4 members (excludes halogenated alkanes) is 1. The molecule has 78 valence electrons. The van der Waals surface area contributed by atoms with Gasteiger partial charge in [0.2, 0.25) is 5.76 Å². The highest BCUT2D eigenvalue weighted by molar-refractivity contribution is 5.86. The fraction of sp³-hybridized carbons (Fsp3) is 0.545. The van der Waals surface area contributed by atoms with Crippen molar-refractivity contribution in [3.05, 3.63) is 24.2 Å². The molecule has 1 aromatic rings. The van der Waals surface area contributed by atoms with Crippen molar-refractivity contribution < 1.29 is 13.9 Å². The molecule has 0 aliphatic carbocycles. The summed E-state index contributed by atoms with van der Waals surface area (Å²) >= 11 is 0. The van der Waals surface area contributed by atoms with Gasteiger partial charge in [-0.05, 0) is 25.5 Å². The molecule has 0 spiro atoms. The zero-order chi connectivity index (χ0) is 10.4. The predicted molar refractivity (Wildman–Crippen MR) is 53.1 cm³/mol. The van der Waals surface area contributed by atoms with Crippen LogP contribution in [-0.4, -0.2) is 12.1 Å². The van der Waals surface area contributed by atoms with Gasteiger partial charge in [-0.2, -0.15) is 0 Å². The van der Waals surface area contributed by atoms with E-state index in [1.54, 1.807) is 12.1 Å². The minimum atomic E-state index is -0.376. The standard InChI is InChI=1S/C11H16O3/c1-3-4-6-9(2)14-11(12)10-7-5-8-13-10/h5,7-9H,3-4,6H2,1-2H3/t9-/m0/s1. The molecular weight excluding hydrogens is 180 g/mol. The summed E-state index contributed by atoms with van der Waals surface area (Å²) in [6.07, 6.45) is 4.53. The van der Waals surface area contributed by atoms with Crippen LogP contribution in [0.15, 0.2) is 22.8 Å². The van der Waals surface area contributed by atoms with Crippen molar-refractivity contribution in [1.82, 2.24) is 0 Å². The summed E-state index contributed by atoms with van der Waals surface area (Å²) in [5.41, 5.74) is 0. The number of carbonyl (C=O) groups is 1. The fourth-order valence-electron chi connectivity index (χ4n) is 1.19. The first kappa shape index (κ1) is 10.8. The number of furan rings is 1. The van der Waals surface area contributed by atoms with Gasteiger partial charge in [-0.1, -0.05) is 19.8 Å². The van der Waals surface area contributed by atoms with E-state index in [1.165, 1.54) is 6.26 Å². The summed E-state index contributed by atoms with van der Waals surface area (Å²) in [6.45, 7) is 4.01. The van der Waals surface area contributed by atoms with E-state index >= 15 is 0 Å². The molecule has 0 saturated heterocycles. The largest absolute Gasteiger partial charge is 0.457 e. The molecule has 3 heteroatoms. The summed E-state index contributed by atoms with van der Waals surface area (Å²) in [4.78, 5) is 11.4. The summed E-state index contributed by atoms with van der Waals surface area (Å²) < 4.78 is 10.1. The number of ether oxygens (including phenoxy) is 1. The molecule has 0 aliphatic heterocycles. The lowest BCUT2D eigenvalue weighted by Crippen LogP contribution is -2.14. The summed E-state index contributed by atoms with van der Waals surface area (Å²) in [5, 5.41) is 0. The normalized spacial score (nSPS) is 12.4. The number of hydrogen-bond donors (Lipinski definition) is 0. The highest BCUT2D eigenvalue weighted by atomic mass is 16.6. The maximum Gasteiger partial charge on any atom is 0.374 e. The Morgan fingerprint density at radius 3 is 3.00 bits per heavy atom. The Morgan fingerprint density at radius 2 is 2.43 bits per heavy atom. The van der Waals surface area contributed by atoms with Gasteiger partial charge in [0.1, 0.15) is 0 Å². The summed E-state index contributed by atoms with van der Waals surface area (Å²) in [5.74, 6) is -0.105. The Bertz CT molecular complexity index is 264. The zero-order valence-corrected chi connectivity index (χ0v) is 8.66. The number of rotatable bonds is 5. The lowest BCUT2D eigenvalue weighted by atomic mass is 10.2. The first-order chi connectivity index (χ1) is 6.74. The van der Waals surface area contributed by atoms with Crippen LogP contribution in [0.5, 0.6) is 0 Å². The van der Waals surface area contributed by atoms with Crippen LogP contribution in [0, 0.1) is 0 Å². The lowest BCUT2D eigenvalue weighted by molar-refractivity contribution is 0.0284. The zero-order valence-electron chi connectivity index (χ0n) is 8.66. The lowest BCUT2D eigenvalue weighted by Gasteiger charge is -2.10. The molecule has 0 saturated carbocycles.